The number of nitrogens with one attached hydrogen (secondary N) is 1. The predicted octanol–water partition coefficient (Wildman–Crippen LogP) is 2.53. The van der Waals surface area contributed by atoms with Gasteiger partial charge < -0.3 is 14.6 Å². The number of carbonyl (C=O) groups is 1. The molecule has 0 bridgehead atoms. The van der Waals surface area contributed by atoms with Gasteiger partial charge in [-0.2, -0.15) is 5.10 Å². The SMILES string of the molecule is Cc1nn(C)c(C)c1C(C)NC(=O)N(C)Cc1ccco1. The summed E-state index contributed by atoms with van der Waals surface area (Å²) in [4.78, 5) is 13.8. The first kappa shape index (κ1) is 15.2. The third-order valence-electron chi connectivity index (χ3n) is 3.66. The van der Waals surface area contributed by atoms with E-state index >= 15 is 0 Å². The van der Waals surface area contributed by atoms with Crippen molar-refractivity contribution in [2.75, 3.05) is 7.05 Å². The van der Waals surface area contributed by atoms with E-state index in [1.54, 1.807) is 18.2 Å². The monoisotopic (exact) mass is 290 g/mol. The summed E-state index contributed by atoms with van der Waals surface area (Å²) in [5.41, 5.74) is 3.07. The molecule has 114 valence electrons. The number of amides is 2. The maximum Gasteiger partial charge on any atom is 0.318 e. The molecule has 1 N–H and O–H groups in total. The summed E-state index contributed by atoms with van der Waals surface area (Å²) in [5.74, 6) is 0.758. The van der Waals surface area contributed by atoms with E-state index in [2.05, 4.69) is 10.4 Å². The van der Waals surface area contributed by atoms with E-state index in [4.69, 9.17) is 4.42 Å². The normalized spacial score (nSPS) is 12.2. The van der Waals surface area contributed by atoms with Crippen molar-refractivity contribution < 1.29 is 9.21 Å². The molecule has 0 spiro atoms. The van der Waals surface area contributed by atoms with E-state index in [1.807, 2.05) is 44.6 Å². The highest BCUT2D eigenvalue weighted by Crippen LogP contribution is 2.20. The van der Waals surface area contributed by atoms with E-state index in [1.165, 1.54) is 0 Å². The number of aryl methyl sites for hydroxylation is 2. The van der Waals surface area contributed by atoms with Gasteiger partial charge in [0, 0.05) is 25.4 Å². The topological polar surface area (TPSA) is 63.3 Å². The zero-order valence-electron chi connectivity index (χ0n) is 13.2. The summed E-state index contributed by atoms with van der Waals surface area (Å²) in [6.07, 6.45) is 1.60. The van der Waals surface area contributed by atoms with Crippen molar-refractivity contribution in [3.05, 3.63) is 41.1 Å². The molecule has 1 atom stereocenters. The molecule has 6 nitrogen and oxygen atoms in total. The minimum Gasteiger partial charge on any atom is -0.467 e. The molecule has 2 rings (SSSR count). The van der Waals surface area contributed by atoms with E-state index < -0.39 is 0 Å². The van der Waals surface area contributed by atoms with Gasteiger partial charge in [-0.15, -0.1) is 0 Å². The van der Waals surface area contributed by atoms with Gasteiger partial charge in [0.15, 0.2) is 0 Å². The molecule has 0 radical (unpaired) electrons. The molecule has 6 heteroatoms. The van der Waals surface area contributed by atoms with Gasteiger partial charge in [0.05, 0.1) is 24.5 Å². The summed E-state index contributed by atoms with van der Waals surface area (Å²) in [7, 11) is 3.65. The predicted molar refractivity (Wildman–Crippen MR) is 79.8 cm³/mol. The molecule has 2 heterocycles. The van der Waals surface area contributed by atoms with Crippen molar-refractivity contribution in [3.63, 3.8) is 0 Å². The van der Waals surface area contributed by atoms with Gasteiger partial charge in [-0.3, -0.25) is 4.68 Å². The Morgan fingerprint density at radius 2 is 2.24 bits per heavy atom. The maximum absolute atomic E-state index is 12.2. The Balaban J connectivity index is 2.01. The lowest BCUT2D eigenvalue weighted by atomic mass is 10.1. The molecular weight excluding hydrogens is 268 g/mol. The first-order valence-corrected chi connectivity index (χ1v) is 6.94. The van der Waals surface area contributed by atoms with Gasteiger partial charge in [0.1, 0.15) is 5.76 Å². The van der Waals surface area contributed by atoms with Crippen molar-refractivity contribution >= 4 is 6.03 Å². The summed E-state index contributed by atoms with van der Waals surface area (Å²) >= 11 is 0. The smallest absolute Gasteiger partial charge is 0.318 e. The van der Waals surface area contributed by atoms with Gasteiger partial charge in [-0.25, -0.2) is 4.79 Å². The molecule has 1 unspecified atom stereocenters. The summed E-state index contributed by atoms with van der Waals surface area (Å²) in [5, 5.41) is 7.38. The molecule has 2 aromatic heterocycles. The lowest BCUT2D eigenvalue weighted by Crippen LogP contribution is -2.38. The van der Waals surface area contributed by atoms with E-state index in [0.29, 0.717) is 6.54 Å². The number of aromatic nitrogens is 2. The Hall–Kier alpha value is -2.24. The third-order valence-corrected chi connectivity index (χ3v) is 3.66. The molecule has 2 amide bonds. The molecule has 0 saturated heterocycles. The van der Waals surface area contributed by atoms with Crippen LogP contribution in [0.5, 0.6) is 0 Å². The molecule has 2 aromatic rings. The highest BCUT2D eigenvalue weighted by atomic mass is 16.3. The first-order valence-electron chi connectivity index (χ1n) is 6.94. The lowest BCUT2D eigenvalue weighted by Gasteiger charge is -2.21. The van der Waals surface area contributed by atoms with Crippen molar-refractivity contribution in [1.29, 1.82) is 0 Å². The summed E-state index contributed by atoms with van der Waals surface area (Å²) < 4.78 is 7.08. The first-order chi connectivity index (χ1) is 9.90. The number of hydrogen-bond donors (Lipinski definition) is 1. The fourth-order valence-corrected chi connectivity index (χ4v) is 2.49. The number of carbonyl (C=O) groups excluding carboxylic acids is 1. The Labute approximate surface area is 124 Å². The standard InChI is InChI=1S/C15H22N4O2/c1-10(14-11(2)17-19(5)12(14)3)16-15(20)18(4)9-13-7-6-8-21-13/h6-8,10H,9H2,1-5H3,(H,16,20). The average molecular weight is 290 g/mol. The van der Waals surface area contributed by atoms with Gasteiger partial charge in [-0.05, 0) is 32.9 Å². The maximum atomic E-state index is 12.2. The van der Waals surface area contributed by atoms with Crippen LogP contribution in [-0.2, 0) is 13.6 Å². The van der Waals surface area contributed by atoms with Crippen LogP contribution in [0.25, 0.3) is 0 Å². The van der Waals surface area contributed by atoms with Crippen molar-refractivity contribution in [3.8, 4) is 0 Å². The van der Waals surface area contributed by atoms with Crippen LogP contribution in [0, 0.1) is 13.8 Å². The van der Waals surface area contributed by atoms with Crippen LogP contribution in [0.4, 0.5) is 4.79 Å². The minimum atomic E-state index is -0.137. The second-order valence-corrected chi connectivity index (χ2v) is 5.31. The van der Waals surface area contributed by atoms with Gasteiger partial charge in [0.25, 0.3) is 0 Å². The second kappa shape index (κ2) is 6.03. The molecule has 0 aromatic carbocycles. The van der Waals surface area contributed by atoms with Crippen molar-refractivity contribution in [2.45, 2.75) is 33.4 Å². The molecular formula is C15H22N4O2. The number of hydrogen-bond acceptors (Lipinski definition) is 3. The largest absolute Gasteiger partial charge is 0.467 e. The van der Waals surface area contributed by atoms with Crippen LogP contribution in [0.1, 0.15) is 35.7 Å². The van der Waals surface area contributed by atoms with Gasteiger partial charge >= 0.3 is 6.03 Å². The molecule has 0 aliphatic carbocycles. The van der Waals surface area contributed by atoms with Crippen LogP contribution >= 0.6 is 0 Å². The fraction of sp³-hybridized carbons (Fsp3) is 0.467. The number of furan rings is 1. The van der Waals surface area contributed by atoms with Gasteiger partial charge in [-0.1, -0.05) is 0 Å². The zero-order valence-corrected chi connectivity index (χ0v) is 13.2. The van der Waals surface area contributed by atoms with E-state index in [9.17, 15) is 4.79 Å². The lowest BCUT2D eigenvalue weighted by molar-refractivity contribution is 0.199. The van der Waals surface area contributed by atoms with Crippen LogP contribution in [0.2, 0.25) is 0 Å². The van der Waals surface area contributed by atoms with Crippen molar-refractivity contribution in [1.82, 2.24) is 20.0 Å². The Morgan fingerprint density at radius 3 is 2.76 bits per heavy atom. The highest BCUT2D eigenvalue weighted by molar-refractivity contribution is 5.74. The third kappa shape index (κ3) is 3.26. The Kier molecular flexibility index (Phi) is 4.35. The number of nitrogens with zero attached hydrogens (tertiary/aromatic N) is 3. The summed E-state index contributed by atoms with van der Waals surface area (Å²) in [6.45, 7) is 6.37. The van der Waals surface area contributed by atoms with Crippen LogP contribution in [-0.4, -0.2) is 27.8 Å². The highest BCUT2D eigenvalue weighted by Gasteiger charge is 2.20. The molecule has 0 aliphatic heterocycles. The number of rotatable bonds is 4. The quantitative estimate of drug-likeness (QED) is 0.941. The molecule has 21 heavy (non-hydrogen) atoms. The van der Waals surface area contributed by atoms with Crippen LogP contribution in [0.3, 0.4) is 0 Å². The second-order valence-electron chi connectivity index (χ2n) is 5.31. The van der Waals surface area contributed by atoms with Gasteiger partial charge in [0.2, 0.25) is 0 Å². The minimum absolute atomic E-state index is 0.0924. The zero-order chi connectivity index (χ0) is 15.6. The van der Waals surface area contributed by atoms with E-state index in [0.717, 1.165) is 22.7 Å². The Bertz CT molecular complexity index is 616. The van der Waals surface area contributed by atoms with Crippen molar-refractivity contribution in [2.24, 2.45) is 7.05 Å². The molecule has 0 saturated carbocycles. The van der Waals surface area contributed by atoms with Crippen LogP contribution < -0.4 is 5.32 Å². The van der Waals surface area contributed by atoms with Crippen LogP contribution in [0.15, 0.2) is 22.8 Å². The molecule has 0 aliphatic rings. The molecule has 0 fully saturated rings. The average Bonchev–Trinajstić information content (AvgIpc) is 2.99. The summed E-state index contributed by atoms with van der Waals surface area (Å²) in [6, 6.07) is 3.43. The fourth-order valence-electron chi connectivity index (χ4n) is 2.49. The Morgan fingerprint density at radius 1 is 1.52 bits per heavy atom. The van der Waals surface area contributed by atoms with E-state index in [-0.39, 0.29) is 12.1 Å². The number of urea groups is 1.